The van der Waals surface area contributed by atoms with Gasteiger partial charge in [0.1, 0.15) is 5.01 Å². The quantitative estimate of drug-likeness (QED) is 0.919. The molecule has 0 aliphatic rings. The number of amides is 1. The van der Waals surface area contributed by atoms with Crippen LogP contribution in [0.2, 0.25) is 0 Å². The van der Waals surface area contributed by atoms with Crippen molar-refractivity contribution in [3.63, 3.8) is 0 Å². The molecule has 2 heterocycles. The molecule has 5 nitrogen and oxygen atoms in total. The van der Waals surface area contributed by atoms with Gasteiger partial charge in [0.25, 0.3) is 5.91 Å². The third-order valence-corrected chi connectivity index (χ3v) is 3.62. The fourth-order valence-electron chi connectivity index (χ4n) is 1.56. The van der Waals surface area contributed by atoms with Gasteiger partial charge < -0.3 is 4.42 Å². The monoisotopic (exact) mass is 343 g/mol. The van der Waals surface area contributed by atoms with Crippen LogP contribution in [0.1, 0.15) is 35.0 Å². The Morgan fingerprint density at radius 1 is 1.53 bits per heavy atom. The molecular formula is C12H14BrN3O2S. The number of carbonyl (C=O) groups is 1. The number of carbonyl (C=O) groups excluding carboxylic acids is 1. The van der Waals surface area contributed by atoms with Gasteiger partial charge in [-0.05, 0) is 34.8 Å². The number of aryl methyl sites for hydroxylation is 1. The summed E-state index contributed by atoms with van der Waals surface area (Å²) in [5, 5.41) is 12.1. The maximum absolute atomic E-state index is 12.0. The largest absolute Gasteiger partial charge is 0.444 e. The van der Waals surface area contributed by atoms with Crippen LogP contribution in [0.3, 0.4) is 0 Å². The first-order chi connectivity index (χ1) is 8.95. The van der Waals surface area contributed by atoms with Crippen LogP contribution in [0, 0.1) is 12.8 Å². The second-order valence-electron chi connectivity index (χ2n) is 4.62. The molecule has 2 rings (SSSR count). The highest BCUT2D eigenvalue weighted by molar-refractivity contribution is 9.10. The highest BCUT2D eigenvalue weighted by atomic mass is 79.9. The summed E-state index contributed by atoms with van der Waals surface area (Å²) in [4.78, 5) is 12.0. The average molecular weight is 344 g/mol. The Labute approximate surface area is 123 Å². The van der Waals surface area contributed by atoms with Crippen LogP contribution in [0.25, 0.3) is 0 Å². The van der Waals surface area contributed by atoms with E-state index in [0.717, 1.165) is 17.0 Å². The Balaban J connectivity index is 2.07. The minimum absolute atomic E-state index is 0.285. The fourth-order valence-corrected chi connectivity index (χ4v) is 3.01. The first-order valence-corrected chi connectivity index (χ1v) is 7.46. The van der Waals surface area contributed by atoms with Crippen molar-refractivity contribution in [2.24, 2.45) is 5.92 Å². The molecule has 2 aromatic heterocycles. The van der Waals surface area contributed by atoms with Crippen molar-refractivity contribution in [1.82, 2.24) is 10.2 Å². The van der Waals surface area contributed by atoms with Crippen LogP contribution < -0.4 is 5.32 Å². The zero-order chi connectivity index (χ0) is 14.0. The molecule has 0 atom stereocenters. The summed E-state index contributed by atoms with van der Waals surface area (Å²) in [7, 11) is 0. The van der Waals surface area contributed by atoms with E-state index in [1.54, 1.807) is 6.07 Å². The lowest BCUT2D eigenvalue weighted by Crippen LogP contribution is -2.11. The van der Waals surface area contributed by atoms with Crippen LogP contribution in [0.4, 0.5) is 5.13 Å². The van der Waals surface area contributed by atoms with Crippen molar-refractivity contribution in [1.29, 1.82) is 0 Å². The molecule has 19 heavy (non-hydrogen) atoms. The van der Waals surface area contributed by atoms with Crippen molar-refractivity contribution in [3.8, 4) is 0 Å². The van der Waals surface area contributed by atoms with E-state index < -0.39 is 0 Å². The third kappa shape index (κ3) is 3.63. The molecule has 0 fully saturated rings. The molecule has 0 saturated heterocycles. The molecule has 0 bridgehead atoms. The lowest BCUT2D eigenvalue weighted by Gasteiger charge is -1.99. The van der Waals surface area contributed by atoms with Gasteiger partial charge in [-0.3, -0.25) is 10.1 Å². The average Bonchev–Trinajstić information content (AvgIpc) is 2.84. The van der Waals surface area contributed by atoms with Gasteiger partial charge in [0.2, 0.25) is 5.13 Å². The van der Waals surface area contributed by atoms with Gasteiger partial charge in [-0.2, -0.15) is 0 Å². The minimum atomic E-state index is -0.310. The van der Waals surface area contributed by atoms with Crippen molar-refractivity contribution in [2.45, 2.75) is 27.2 Å². The van der Waals surface area contributed by atoms with E-state index in [9.17, 15) is 4.79 Å². The Hall–Kier alpha value is -1.21. The number of nitrogens with one attached hydrogen (secondary N) is 1. The number of rotatable bonds is 4. The maximum atomic E-state index is 12.0. The standard InChI is InChI=1S/C12H14BrN3O2S/c1-6(2)4-9-15-16-12(19-9)14-11(17)10-7(3)5-8(13)18-10/h5-6H,4H2,1-3H3,(H,14,16,17). The van der Waals surface area contributed by atoms with Crippen molar-refractivity contribution < 1.29 is 9.21 Å². The van der Waals surface area contributed by atoms with Crippen LogP contribution in [-0.2, 0) is 6.42 Å². The number of hydrogen-bond acceptors (Lipinski definition) is 5. The van der Waals surface area contributed by atoms with E-state index in [-0.39, 0.29) is 11.7 Å². The van der Waals surface area contributed by atoms with Gasteiger partial charge in [0.05, 0.1) is 0 Å². The van der Waals surface area contributed by atoms with Crippen LogP contribution in [-0.4, -0.2) is 16.1 Å². The lowest BCUT2D eigenvalue weighted by molar-refractivity contribution is 0.0994. The second-order valence-corrected chi connectivity index (χ2v) is 6.46. The van der Waals surface area contributed by atoms with Gasteiger partial charge >= 0.3 is 0 Å². The minimum Gasteiger partial charge on any atom is -0.444 e. The Morgan fingerprint density at radius 3 is 2.84 bits per heavy atom. The summed E-state index contributed by atoms with van der Waals surface area (Å²) in [6.07, 6.45) is 0.860. The zero-order valence-corrected chi connectivity index (χ0v) is 13.3. The molecule has 0 unspecified atom stereocenters. The number of hydrogen-bond donors (Lipinski definition) is 1. The molecule has 7 heteroatoms. The predicted molar refractivity (Wildman–Crippen MR) is 77.5 cm³/mol. The van der Waals surface area contributed by atoms with Gasteiger partial charge in [0, 0.05) is 12.0 Å². The Kier molecular flexibility index (Phi) is 4.36. The molecule has 1 N–H and O–H groups in total. The first kappa shape index (κ1) is 14.2. The molecule has 102 valence electrons. The highest BCUT2D eigenvalue weighted by Crippen LogP contribution is 2.22. The second kappa shape index (κ2) is 5.83. The molecule has 0 aliphatic carbocycles. The first-order valence-electron chi connectivity index (χ1n) is 5.85. The lowest BCUT2D eigenvalue weighted by atomic mass is 10.1. The SMILES string of the molecule is Cc1cc(Br)oc1C(=O)Nc1nnc(CC(C)C)s1. The van der Waals surface area contributed by atoms with Crippen LogP contribution in [0.5, 0.6) is 0 Å². The molecule has 0 spiro atoms. The van der Waals surface area contributed by atoms with E-state index >= 15 is 0 Å². The summed E-state index contributed by atoms with van der Waals surface area (Å²) in [5.74, 6) is 0.489. The summed E-state index contributed by atoms with van der Waals surface area (Å²) < 4.78 is 5.82. The molecular weight excluding hydrogens is 330 g/mol. The number of halogens is 1. The molecule has 0 aliphatic heterocycles. The summed E-state index contributed by atoms with van der Waals surface area (Å²) in [6, 6.07) is 1.75. The molecule has 0 saturated carbocycles. The number of anilines is 1. The van der Waals surface area contributed by atoms with Crippen LogP contribution in [0.15, 0.2) is 15.2 Å². The number of nitrogens with zero attached hydrogens (tertiary/aromatic N) is 2. The molecule has 1 amide bonds. The van der Waals surface area contributed by atoms with E-state index in [2.05, 4.69) is 45.3 Å². The Bertz CT molecular complexity index is 592. The van der Waals surface area contributed by atoms with Gasteiger partial charge in [0.15, 0.2) is 10.4 Å². The molecule has 0 aromatic carbocycles. The summed E-state index contributed by atoms with van der Waals surface area (Å²) >= 11 is 4.59. The normalized spacial score (nSPS) is 11.0. The van der Waals surface area contributed by atoms with Gasteiger partial charge in [-0.15, -0.1) is 10.2 Å². The molecule has 2 aromatic rings. The summed E-state index contributed by atoms with van der Waals surface area (Å²) in [5.41, 5.74) is 0.774. The van der Waals surface area contributed by atoms with Gasteiger partial charge in [-0.1, -0.05) is 25.2 Å². The van der Waals surface area contributed by atoms with E-state index in [1.165, 1.54) is 11.3 Å². The van der Waals surface area contributed by atoms with Crippen molar-refractivity contribution >= 4 is 38.3 Å². The van der Waals surface area contributed by atoms with E-state index in [4.69, 9.17) is 4.42 Å². The van der Waals surface area contributed by atoms with Crippen molar-refractivity contribution in [2.75, 3.05) is 5.32 Å². The molecule has 0 radical (unpaired) electrons. The third-order valence-electron chi connectivity index (χ3n) is 2.36. The topological polar surface area (TPSA) is 68.0 Å². The fraction of sp³-hybridized carbons (Fsp3) is 0.417. The maximum Gasteiger partial charge on any atom is 0.293 e. The smallest absolute Gasteiger partial charge is 0.293 e. The number of aromatic nitrogens is 2. The van der Waals surface area contributed by atoms with E-state index in [1.807, 2.05) is 6.92 Å². The summed E-state index contributed by atoms with van der Waals surface area (Å²) in [6.45, 7) is 6.04. The Morgan fingerprint density at radius 2 is 2.26 bits per heavy atom. The van der Waals surface area contributed by atoms with Crippen molar-refractivity contribution in [3.05, 3.63) is 27.1 Å². The highest BCUT2D eigenvalue weighted by Gasteiger charge is 2.17. The zero-order valence-electron chi connectivity index (χ0n) is 10.9. The van der Waals surface area contributed by atoms with E-state index in [0.29, 0.717) is 15.7 Å². The van der Waals surface area contributed by atoms with Crippen LogP contribution >= 0.6 is 27.3 Å². The predicted octanol–water partition coefficient (Wildman–Crippen LogP) is 3.65. The van der Waals surface area contributed by atoms with Gasteiger partial charge in [-0.25, -0.2) is 0 Å². The number of furan rings is 1.